The van der Waals surface area contributed by atoms with Crippen LogP contribution in [0.5, 0.6) is 0 Å². The molecule has 0 aliphatic heterocycles. The van der Waals surface area contributed by atoms with Crippen LogP contribution in [0.25, 0.3) is 0 Å². The van der Waals surface area contributed by atoms with E-state index in [0.717, 1.165) is 0 Å². The Kier molecular flexibility index (Phi) is 5.17. The Morgan fingerprint density at radius 3 is 2.63 bits per heavy atom. The summed E-state index contributed by atoms with van der Waals surface area (Å²) in [5.41, 5.74) is 6.98. The van der Waals surface area contributed by atoms with Crippen LogP contribution in [0.15, 0.2) is 18.2 Å². The van der Waals surface area contributed by atoms with Gasteiger partial charge in [0.05, 0.1) is 30.1 Å². The Hall–Kier alpha value is -2.24. The number of rotatable bonds is 5. The quantitative estimate of drug-likeness (QED) is 0.611. The molecule has 0 aliphatic carbocycles. The molecule has 0 atom stereocenters. The standard InChI is InChI=1S/C13H19N3O3/c1-4-19-13(18)9-6-5-7-10(14)12(9)15-8-11(17)16(2)3/h5-7,15H,4,8,14H2,1-3H3. The second-order valence-electron chi connectivity index (χ2n) is 4.13. The number of nitrogen functional groups attached to an aromatic ring is 1. The van der Waals surface area contributed by atoms with Crippen molar-refractivity contribution in [2.24, 2.45) is 0 Å². The van der Waals surface area contributed by atoms with Gasteiger partial charge in [0.1, 0.15) is 0 Å². The molecule has 3 N–H and O–H groups in total. The Balaban J connectivity index is 2.92. The number of ether oxygens (including phenoxy) is 1. The fourth-order valence-electron chi connectivity index (χ4n) is 1.47. The van der Waals surface area contributed by atoms with Crippen molar-refractivity contribution in [1.82, 2.24) is 4.90 Å². The minimum absolute atomic E-state index is 0.0631. The highest BCUT2D eigenvalue weighted by atomic mass is 16.5. The lowest BCUT2D eigenvalue weighted by Gasteiger charge is -2.15. The summed E-state index contributed by atoms with van der Waals surface area (Å²) in [4.78, 5) is 24.8. The molecule has 1 aromatic carbocycles. The van der Waals surface area contributed by atoms with Crippen LogP contribution in [0.3, 0.4) is 0 Å². The van der Waals surface area contributed by atoms with E-state index in [1.807, 2.05) is 0 Å². The first-order valence-corrected chi connectivity index (χ1v) is 5.97. The Bertz CT molecular complexity index is 472. The van der Waals surface area contributed by atoms with Gasteiger partial charge in [0.2, 0.25) is 5.91 Å². The maximum atomic E-state index is 11.8. The molecule has 1 rings (SSSR count). The molecule has 0 saturated heterocycles. The molecule has 1 amide bonds. The van der Waals surface area contributed by atoms with Gasteiger partial charge in [0, 0.05) is 14.1 Å². The topological polar surface area (TPSA) is 84.7 Å². The van der Waals surface area contributed by atoms with Crippen LogP contribution in [0.1, 0.15) is 17.3 Å². The summed E-state index contributed by atoms with van der Waals surface area (Å²) >= 11 is 0. The number of esters is 1. The first kappa shape index (κ1) is 14.8. The summed E-state index contributed by atoms with van der Waals surface area (Å²) in [5.74, 6) is -0.576. The summed E-state index contributed by atoms with van der Waals surface area (Å²) in [5, 5.41) is 2.88. The third-order valence-electron chi connectivity index (χ3n) is 2.51. The predicted octanol–water partition coefficient (Wildman–Crippen LogP) is 0.946. The van der Waals surface area contributed by atoms with Crippen molar-refractivity contribution in [3.63, 3.8) is 0 Å². The molecule has 0 heterocycles. The molecule has 0 bridgehead atoms. The van der Waals surface area contributed by atoms with Crippen molar-refractivity contribution in [2.45, 2.75) is 6.92 Å². The smallest absolute Gasteiger partial charge is 0.340 e. The average Bonchev–Trinajstić information content (AvgIpc) is 2.36. The van der Waals surface area contributed by atoms with Gasteiger partial charge < -0.3 is 20.7 Å². The van der Waals surface area contributed by atoms with E-state index in [-0.39, 0.29) is 19.1 Å². The van der Waals surface area contributed by atoms with Crippen LogP contribution in [-0.4, -0.2) is 44.0 Å². The largest absolute Gasteiger partial charge is 0.462 e. The zero-order valence-electron chi connectivity index (χ0n) is 11.4. The van der Waals surface area contributed by atoms with Gasteiger partial charge in [-0.15, -0.1) is 0 Å². The molecule has 1 aromatic rings. The number of nitrogens with one attached hydrogen (secondary N) is 1. The normalized spacial score (nSPS) is 9.84. The summed E-state index contributed by atoms with van der Waals surface area (Å²) < 4.78 is 4.95. The van der Waals surface area contributed by atoms with Crippen molar-refractivity contribution >= 4 is 23.3 Å². The van der Waals surface area contributed by atoms with Gasteiger partial charge in [-0.05, 0) is 19.1 Å². The number of amides is 1. The van der Waals surface area contributed by atoms with Gasteiger partial charge in [-0.25, -0.2) is 4.79 Å². The van der Waals surface area contributed by atoms with Crippen molar-refractivity contribution < 1.29 is 14.3 Å². The first-order valence-electron chi connectivity index (χ1n) is 5.97. The third kappa shape index (κ3) is 3.87. The molecule has 0 unspecified atom stereocenters. The van der Waals surface area contributed by atoms with E-state index in [9.17, 15) is 9.59 Å². The van der Waals surface area contributed by atoms with Gasteiger partial charge in [0.15, 0.2) is 0 Å². The number of carbonyl (C=O) groups excluding carboxylic acids is 2. The number of likely N-dealkylation sites (N-methyl/N-ethyl adjacent to an activating group) is 1. The lowest BCUT2D eigenvalue weighted by atomic mass is 10.1. The summed E-state index contributed by atoms with van der Waals surface area (Å²) in [7, 11) is 3.31. The second-order valence-corrected chi connectivity index (χ2v) is 4.13. The summed E-state index contributed by atoms with van der Waals surface area (Å²) in [6, 6.07) is 4.93. The van der Waals surface area contributed by atoms with Gasteiger partial charge in [0.25, 0.3) is 0 Å². The molecule has 6 nitrogen and oxygen atoms in total. The minimum Gasteiger partial charge on any atom is -0.462 e. The average molecular weight is 265 g/mol. The molecule has 0 aliphatic rings. The van der Waals surface area contributed by atoms with Crippen LogP contribution in [-0.2, 0) is 9.53 Å². The fraction of sp³-hybridized carbons (Fsp3) is 0.385. The molecule has 0 spiro atoms. The minimum atomic E-state index is -0.463. The van der Waals surface area contributed by atoms with Crippen molar-refractivity contribution in [1.29, 1.82) is 0 Å². The first-order chi connectivity index (χ1) is 8.97. The highest BCUT2D eigenvalue weighted by molar-refractivity contribution is 5.99. The van der Waals surface area contributed by atoms with Crippen LogP contribution in [0.2, 0.25) is 0 Å². The number of hydrogen-bond acceptors (Lipinski definition) is 5. The molecule has 0 saturated carbocycles. The Labute approximate surface area is 112 Å². The van der Waals surface area contributed by atoms with Crippen molar-refractivity contribution in [3.8, 4) is 0 Å². The van der Waals surface area contributed by atoms with Crippen LogP contribution >= 0.6 is 0 Å². The van der Waals surface area contributed by atoms with Crippen LogP contribution in [0, 0.1) is 0 Å². The highest BCUT2D eigenvalue weighted by Crippen LogP contribution is 2.24. The third-order valence-corrected chi connectivity index (χ3v) is 2.51. The van der Waals surface area contributed by atoms with E-state index in [0.29, 0.717) is 16.9 Å². The number of anilines is 2. The zero-order chi connectivity index (χ0) is 14.4. The van der Waals surface area contributed by atoms with Crippen molar-refractivity contribution in [2.75, 3.05) is 38.3 Å². The maximum Gasteiger partial charge on any atom is 0.340 e. The van der Waals surface area contributed by atoms with Crippen molar-refractivity contribution in [3.05, 3.63) is 23.8 Å². The monoisotopic (exact) mass is 265 g/mol. The van der Waals surface area contributed by atoms with Gasteiger partial charge in [-0.2, -0.15) is 0 Å². The number of para-hydroxylation sites is 1. The SMILES string of the molecule is CCOC(=O)c1cccc(N)c1NCC(=O)N(C)C. The van der Waals surface area contributed by atoms with E-state index in [4.69, 9.17) is 10.5 Å². The Morgan fingerprint density at radius 2 is 2.05 bits per heavy atom. The molecule has 19 heavy (non-hydrogen) atoms. The van der Waals surface area contributed by atoms with E-state index in [1.54, 1.807) is 39.2 Å². The second kappa shape index (κ2) is 6.63. The summed E-state index contributed by atoms with van der Waals surface area (Å²) in [6.45, 7) is 2.07. The van der Waals surface area contributed by atoms with Gasteiger partial charge >= 0.3 is 5.97 Å². The van der Waals surface area contributed by atoms with E-state index >= 15 is 0 Å². The number of hydrogen-bond donors (Lipinski definition) is 2. The lowest BCUT2D eigenvalue weighted by molar-refractivity contribution is -0.126. The lowest BCUT2D eigenvalue weighted by Crippen LogP contribution is -2.29. The molecule has 0 radical (unpaired) electrons. The number of carbonyl (C=O) groups is 2. The molecule has 104 valence electrons. The number of nitrogens with zero attached hydrogens (tertiary/aromatic N) is 1. The van der Waals surface area contributed by atoms with Crippen LogP contribution in [0.4, 0.5) is 11.4 Å². The maximum absolute atomic E-state index is 11.8. The van der Waals surface area contributed by atoms with E-state index in [2.05, 4.69) is 5.32 Å². The van der Waals surface area contributed by atoms with E-state index < -0.39 is 5.97 Å². The highest BCUT2D eigenvalue weighted by Gasteiger charge is 2.15. The Morgan fingerprint density at radius 1 is 1.37 bits per heavy atom. The number of benzene rings is 1. The summed E-state index contributed by atoms with van der Waals surface area (Å²) in [6.07, 6.45) is 0. The zero-order valence-corrected chi connectivity index (χ0v) is 11.4. The van der Waals surface area contributed by atoms with Gasteiger partial charge in [-0.1, -0.05) is 6.07 Å². The van der Waals surface area contributed by atoms with E-state index in [1.165, 1.54) is 4.90 Å². The predicted molar refractivity (Wildman–Crippen MR) is 74.0 cm³/mol. The van der Waals surface area contributed by atoms with Gasteiger partial charge in [-0.3, -0.25) is 4.79 Å². The van der Waals surface area contributed by atoms with Crippen LogP contribution < -0.4 is 11.1 Å². The molecule has 6 heteroatoms. The number of nitrogens with two attached hydrogens (primary N) is 1. The molecular weight excluding hydrogens is 246 g/mol. The fourth-order valence-corrected chi connectivity index (χ4v) is 1.47. The molecule has 0 aromatic heterocycles. The molecular formula is C13H19N3O3. The molecule has 0 fully saturated rings.